The van der Waals surface area contributed by atoms with Crippen LogP contribution in [0.5, 0.6) is 0 Å². The lowest BCUT2D eigenvalue weighted by molar-refractivity contribution is 0.0574. The van der Waals surface area contributed by atoms with Gasteiger partial charge in [0.1, 0.15) is 0 Å². The number of rotatable bonds is 8. The van der Waals surface area contributed by atoms with E-state index in [1.54, 1.807) is 5.57 Å². The zero-order valence-electron chi connectivity index (χ0n) is 14.6. The molecule has 1 saturated carbocycles. The molecule has 5 heteroatoms. The number of halogens is 1. The Balaban J connectivity index is 0.00000264. The van der Waals surface area contributed by atoms with Crippen LogP contribution in [0.1, 0.15) is 64.2 Å². The first kappa shape index (κ1) is 20.7. The molecule has 0 radical (unpaired) electrons. The van der Waals surface area contributed by atoms with Crippen LogP contribution in [0.3, 0.4) is 0 Å². The zero-order valence-corrected chi connectivity index (χ0v) is 16.9. The zero-order chi connectivity index (χ0) is 15.5. The van der Waals surface area contributed by atoms with Crippen LogP contribution < -0.4 is 10.6 Å². The molecule has 0 spiro atoms. The van der Waals surface area contributed by atoms with Crippen molar-refractivity contribution in [3.63, 3.8) is 0 Å². The van der Waals surface area contributed by atoms with E-state index in [2.05, 4.69) is 21.7 Å². The summed E-state index contributed by atoms with van der Waals surface area (Å²) in [5, 5.41) is 6.78. The maximum absolute atomic E-state index is 5.87. The van der Waals surface area contributed by atoms with Crippen molar-refractivity contribution in [3.05, 3.63) is 11.6 Å². The second-order valence-corrected chi connectivity index (χ2v) is 6.41. The summed E-state index contributed by atoms with van der Waals surface area (Å²) in [6.45, 7) is 2.76. The number of nitrogens with zero attached hydrogens (tertiary/aromatic N) is 1. The van der Waals surface area contributed by atoms with Gasteiger partial charge in [-0.15, -0.1) is 24.0 Å². The number of ether oxygens (including phenoxy) is 1. The molecular formula is C18H34IN3O. The van der Waals surface area contributed by atoms with Crippen molar-refractivity contribution in [2.24, 2.45) is 4.99 Å². The van der Waals surface area contributed by atoms with Gasteiger partial charge in [-0.3, -0.25) is 4.99 Å². The summed E-state index contributed by atoms with van der Waals surface area (Å²) in [5.74, 6) is 0.914. The van der Waals surface area contributed by atoms with Gasteiger partial charge in [0, 0.05) is 26.7 Å². The number of allylic oxidation sites excluding steroid dienone is 1. The highest BCUT2D eigenvalue weighted by Crippen LogP contribution is 2.21. The Morgan fingerprint density at radius 2 is 1.96 bits per heavy atom. The number of guanidine groups is 1. The fourth-order valence-electron chi connectivity index (χ4n) is 3.28. The smallest absolute Gasteiger partial charge is 0.190 e. The average Bonchev–Trinajstić information content (AvgIpc) is 3.07. The minimum absolute atomic E-state index is 0. The molecule has 2 aliphatic carbocycles. The molecule has 23 heavy (non-hydrogen) atoms. The van der Waals surface area contributed by atoms with Crippen LogP contribution in [-0.2, 0) is 4.74 Å². The van der Waals surface area contributed by atoms with E-state index in [-0.39, 0.29) is 24.0 Å². The Labute approximate surface area is 158 Å². The molecule has 1 fully saturated rings. The van der Waals surface area contributed by atoms with E-state index in [9.17, 15) is 0 Å². The highest BCUT2D eigenvalue weighted by Gasteiger charge is 2.14. The Morgan fingerprint density at radius 1 is 1.17 bits per heavy atom. The molecule has 0 aromatic heterocycles. The van der Waals surface area contributed by atoms with Gasteiger partial charge < -0.3 is 15.4 Å². The van der Waals surface area contributed by atoms with Gasteiger partial charge in [0.2, 0.25) is 0 Å². The molecule has 0 aromatic rings. The SMILES string of the molecule is CN=C(NCCCOC1CCCC1)NCCC1=CCCCC1.I. The summed E-state index contributed by atoms with van der Waals surface area (Å²) < 4.78 is 5.87. The minimum atomic E-state index is 0. The van der Waals surface area contributed by atoms with Crippen molar-refractivity contribution in [2.75, 3.05) is 26.7 Å². The number of aliphatic imine (C=N–C) groups is 1. The maximum atomic E-state index is 5.87. The molecule has 0 unspecified atom stereocenters. The molecule has 0 aliphatic heterocycles. The second kappa shape index (κ2) is 13.0. The summed E-state index contributed by atoms with van der Waals surface area (Å²) >= 11 is 0. The van der Waals surface area contributed by atoms with E-state index in [0.29, 0.717) is 6.10 Å². The van der Waals surface area contributed by atoms with Crippen molar-refractivity contribution < 1.29 is 4.74 Å². The lowest BCUT2D eigenvalue weighted by atomic mass is 9.97. The summed E-state index contributed by atoms with van der Waals surface area (Å²) in [7, 11) is 1.84. The normalized spacial score (nSPS) is 19.2. The number of hydrogen-bond donors (Lipinski definition) is 2. The van der Waals surface area contributed by atoms with E-state index in [1.165, 1.54) is 51.4 Å². The Kier molecular flexibility index (Phi) is 11.8. The van der Waals surface area contributed by atoms with Gasteiger partial charge in [-0.2, -0.15) is 0 Å². The van der Waals surface area contributed by atoms with E-state index in [4.69, 9.17) is 4.74 Å². The van der Waals surface area contributed by atoms with Gasteiger partial charge in [-0.1, -0.05) is 24.5 Å². The van der Waals surface area contributed by atoms with Gasteiger partial charge in [0.15, 0.2) is 5.96 Å². The van der Waals surface area contributed by atoms with Crippen LogP contribution in [0.15, 0.2) is 16.6 Å². The van der Waals surface area contributed by atoms with Gasteiger partial charge in [0.05, 0.1) is 6.10 Å². The van der Waals surface area contributed by atoms with Crippen molar-refractivity contribution >= 4 is 29.9 Å². The Bertz CT molecular complexity index is 365. The molecule has 0 bridgehead atoms. The molecule has 2 aliphatic rings. The van der Waals surface area contributed by atoms with Crippen LogP contribution in [0, 0.1) is 0 Å². The first-order valence-corrected chi connectivity index (χ1v) is 9.12. The molecule has 2 N–H and O–H groups in total. The highest BCUT2D eigenvalue weighted by atomic mass is 127. The van der Waals surface area contributed by atoms with Crippen LogP contribution in [-0.4, -0.2) is 38.8 Å². The summed E-state index contributed by atoms with van der Waals surface area (Å²) in [5.41, 5.74) is 1.61. The monoisotopic (exact) mass is 435 g/mol. The van der Waals surface area contributed by atoms with Crippen molar-refractivity contribution in [1.29, 1.82) is 0 Å². The molecule has 2 rings (SSSR count). The van der Waals surface area contributed by atoms with Gasteiger partial charge in [0.25, 0.3) is 0 Å². The molecule has 0 saturated heterocycles. The molecule has 4 nitrogen and oxygen atoms in total. The third-order valence-corrected chi connectivity index (χ3v) is 4.62. The predicted molar refractivity (Wildman–Crippen MR) is 109 cm³/mol. The Morgan fingerprint density at radius 3 is 2.65 bits per heavy atom. The fourth-order valence-corrected chi connectivity index (χ4v) is 3.28. The van der Waals surface area contributed by atoms with Crippen molar-refractivity contribution in [1.82, 2.24) is 10.6 Å². The van der Waals surface area contributed by atoms with Crippen LogP contribution in [0.25, 0.3) is 0 Å². The Hall–Kier alpha value is -0.300. The second-order valence-electron chi connectivity index (χ2n) is 6.41. The summed E-state index contributed by atoms with van der Waals surface area (Å²) in [6.07, 6.45) is 15.6. The van der Waals surface area contributed by atoms with E-state index < -0.39 is 0 Å². The molecule has 0 amide bonds. The minimum Gasteiger partial charge on any atom is -0.378 e. The molecule has 0 atom stereocenters. The van der Waals surface area contributed by atoms with Crippen molar-refractivity contribution in [3.8, 4) is 0 Å². The standard InChI is InChI=1S/C18H33N3O.HI/c1-19-18(21-14-12-16-8-3-2-4-9-16)20-13-7-15-22-17-10-5-6-11-17;/h8,17H,2-7,9-15H2,1H3,(H2,19,20,21);1H. The lowest BCUT2D eigenvalue weighted by Gasteiger charge is -2.15. The lowest BCUT2D eigenvalue weighted by Crippen LogP contribution is -2.38. The van der Waals surface area contributed by atoms with Crippen LogP contribution >= 0.6 is 24.0 Å². The average molecular weight is 435 g/mol. The first-order valence-electron chi connectivity index (χ1n) is 9.12. The van der Waals surface area contributed by atoms with Gasteiger partial charge in [-0.05, 0) is 51.4 Å². The largest absolute Gasteiger partial charge is 0.378 e. The molecule has 134 valence electrons. The van der Waals surface area contributed by atoms with Crippen LogP contribution in [0.4, 0.5) is 0 Å². The topological polar surface area (TPSA) is 45.7 Å². The van der Waals surface area contributed by atoms with E-state index in [0.717, 1.165) is 38.5 Å². The van der Waals surface area contributed by atoms with E-state index in [1.807, 2.05) is 7.05 Å². The first-order chi connectivity index (χ1) is 10.9. The summed E-state index contributed by atoms with van der Waals surface area (Å²) in [4.78, 5) is 4.28. The van der Waals surface area contributed by atoms with Crippen LogP contribution in [0.2, 0.25) is 0 Å². The maximum Gasteiger partial charge on any atom is 0.190 e. The van der Waals surface area contributed by atoms with Gasteiger partial charge >= 0.3 is 0 Å². The summed E-state index contributed by atoms with van der Waals surface area (Å²) in [6, 6.07) is 0. The molecular weight excluding hydrogens is 401 g/mol. The highest BCUT2D eigenvalue weighted by molar-refractivity contribution is 14.0. The number of nitrogens with one attached hydrogen (secondary N) is 2. The quantitative estimate of drug-likeness (QED) is 0.199. The molecule has 0 heterocycles. The van der Waals surface area contributed by atoms with Gasteiger partial charge in [-0.25, -0.2) is 0 Å². The van der Waals surface area contributed by atoms with Crippen molar-refractivity contribution in [2.45, 2.75) is 70.3 Å². The molecule has 0 aromatic carbocycles. The third-order valence-electron chi connectivity index (χ3n) is 4.62. The fraction of sp³-hybridized carbons (Fsp3) is 0.833. The number of hydrogen-bond acceptors (Lipinski definition) is 2. The van der Waals surface area contributed by atoms with E-state index >= 15 is 0 Å². The third kappa shape index (κ3) is 8.94. The predicted octanol–water partition coefficient (Wildman–Crippen LogP) is 4.01.